The van der Waals surface area contributed by atoms with Crippen molar-refractivity contribution in [3.8, 4) is 0 Å². The van der Waals surface area contributed by atoms with Gasteiger partial charge in [0, 0.05) is 0 Å². The fourth-order valence-corrected chi connectivity index (χ4v) is 0.675. The minimum absolute atomic E-state index is 0.352. The van der Waals surface area contributed by atoms with E-state index in [1.54, 1.807) is 12.2 Å². The lowest BCUT2D eigenvalue weighted by molar-refractivity contribution is 0.416. The molecule has 0 aliphatic heterocycles. The van der Waals surface area contributed by atoms with E-state index < -0.39 is 0 Å². The van der Waals surface area contributed by atoms with E-state index in [0.29, 0.717) is 17.1 Å². The lowest BCUT2D eigenvalue weighted by Crippen LogP contribution is -1.85. The van der Waals surface area contributed by atoms with Gasteiger partial charge >= 0.3 is 0 Å². The van der Waals surface area contributed by atoms with Crippen molar-refractivity contribution in [2.45, 2.75) is 0 Å². The molecule has 0 bridgehead atoms. The maximum absolute atomic E-state index is 5.40. The van der Waals surface area contributed by atoms with Crippen LogP contribution < -0.4 is 5.73 Å². The van der Waals surface area contributed by atoms with Gasteiger partial charge in [-0.2, -0.15) is 0 Å². The lowest BCUT2D eigenvalue weighted by Gasteiger charge is -1.84. The van der Waals surface area contributed by atoms with E-state index in [0.717, 1.165) is 0 Å². The van der Waals surface area contributed by atoms with Crippen molar-refractivity contribution >= 4 is 18.0 Å². The van der Waals surface area contributed by atoms with Gasteiger partial charge in [-0.25, -0.2) is 0 Å². The summed E-state index contributed by atoms with van der Waals surface area (Å²) in [6.07, 6.45) is 3.13. The van der Waals surface area contributed by atoms with Crippen LogP contribution in [-0.4, -0.2) is 5.16 Å². The van der Waals surface area contributed by atoms with Crippen molar-refractivity contribution in [1.29, 1.82) is 0 Å². The monoisotopic (exact) mass is 136 g/mol. The van der Waals surface area contributed by atoms with Gasteiger partial charge in [-0.05, 0) is 6.08 Å². The normalized spacial score (nSPS) is 9.20. The zero-order chi connectivity index (χ0) is 7.56. The van der Waals surface area contributed by atoms with Crippen LogP contribution in [0, 0.1) is 0 Å². The maximum atomic E-state index is 5.40. The topological polar surface area (TPSA) is 52.0 Å². The Hall–Kier alpha value is -1.51. The SMILES string of the molecule is C=Cc1onc(N)c1C=C. The van der Waals surface area contributed by atoms with Crippen LogP contribution in [0.3, 0.4) is 0 Å². The molecule has 0 saturated heterocycles. The summed E-state index contributed by atoms with van der Waals surface area (Å²) in [4.78, 5) is 0. The zero-order valence-corrected chi connectivity index (χ0v) is 5.50. The van der Waals surface area contributed by atoms with Crippen molar-refractivity contribution in [2.24, 2.45) is 0 Å². The van der Waals surface area contributed by atoms with E-state index in [1.807, 2.05) is 0 Å². The van der Waals surface area contributed by atoms with E-state index in [-0.39, 0.29) is 0 Å². The van der Waals surface area contributed by atoms with Crippen LogP contribution in [0.25, 0.3) is 12.2 Å². The maximum Gasteiger partial charge on any atom is 0.174 e. The first-order valence-corrected chi connectivity index (χ1v) is 2.79. The number of nitrogens with zero attached hydrogens (tertiary/aromatic N) is 1. The second kappa shape index (κ2) is 2.39. The first kappa shape index (κ1) is 6.61. The Morgan fingerprint density at radius 1 is 1.40 bits per heavy atom. The first-order chi connectivity index (χ1) is 4.79. The van der Waals surface area contributed by atoms with E-state index in [9.17, 15) is 0 Å². The molecule has 3 heteroatoms. The van der Waals surface area contributed by atoms with Gasteiger partial charge in [-0.3, -0.25) is 0 Å². The van der Waals surface area contributed by atoms with E-state index >= 15 is 0 Å². The average molecular weight is 136 g/mol. The Kier molecular flexibility index (Phi) is 1.58. The molecule has 10 heavy (non-hydrogen) atoms. The minimum atomic E-state index is 0.352. The quantitative estimate of drug-likeness (QED) is 0.670. The second-order valence-electron chi connectivity index (χ2n) is 1.75. The van der Waals surface area contributed by atoms with Gasteiger partial charge in [0.25, 0.3) is 0 Å². The third-order valence-corrected chi connectivity index (χ3v) is 1.17. The van der Waals surface area contributed by atoms with Crippen LogP contribution in [0.2, 0.25) is 0 Å². The van der Waals surface area contributed by atoms with Crippen molar-refractivity contribution in [3.63, 3.8) is 0 Å². The van der Waals surface area contributed by atoms with Crippen molar-refractivity contribution < 1.29 is 4.52 Å². The summed E-state index contributed by atoms with van der Waals surface area (Å²) in [6.45, 7) is 7.06. The Balaban J connectivity index is 3.25. The van der Waals surface area contributed by atoms with Gasteiger partial charge in [0.1, 0.15) is 0 Å². The summed E-state index contributed by atoms with van der Waals surface area (Å²) in [5.74, 6) is 0.914. The molecule has 1 aromatic heterocycles. The van der Waals surface area contributed by atoms with Crippen molar-refractivity contribution in [1.82, 2.24) is 5.16 Å². The smallest absolute Gasteiger partial charge is 0.174 e. The van der Waals surface area contributed by atoms with E-state index in [2.05, 4.69) is 18.3 Å². The largest absolute Gasteiger partial charge is 0.380 e. The molecule has 1 aromatic rings. The van der Waals surface area contributed by atoms with Gasteiger partial charge in [-0.15, -0.1) is 0 Å². The first-order valence-electron chi connectivity index (χ1n) is 2.79. The molecule has 0 radical (unpaired) electrons. The number of nitrogens with two attached hydrogens (primary N) is 1. The summed E-state index contributed by atoms with van der Waals surface area (Å²) in [7, 11) is 0. The highest BCUT2D eigenvalue weighted by Gasteiger charge is 2.05. The Labute approximate surface area is 58.8 Å². The number of hydrogen-bond donors (Lipinski definition) is 1. The predicted molar refractivity (Wildman–Crippen MR) is 41.1 cm³/mol. The molecule has 1 rings (SSSR count). The number of anilines is 1. The van der Waals surface area contributed by atoms with Crippen molar-refractivity contribution in [3.05, 3.63) is 24.5 Å². The highest BCUT2D eigenvalue weighted by atomic mass is 16.5. The number of aromatic nitrogens is 1. The average Bonchev–Trinajstić information content (AvgIpc) is 2.30. The van der Waals surface area contributed by atoms with Gasteiger partial charge < -0.3 is 10.3 Å². The van der Waals surface area contributed by atoms with Gasteiger partial charge in [0.2, 0.25) is 0 Å². The molecule has 0 spiro atoms. The number of rotatable bonds is 2. The summed E-state index contributed by atoms with van der Waals surface area (Å²) in [5.41, 5.74) is 6.11. The second-order valence-corrected chi connectivity index (χ2v) is 1.75. The van der Waals surface area contributed by atoms with Gasteiger partial charge in [0.15, 0.2) is 11.6 Å². The highest BCUT2D eigenvalue weighted by Crippen LogP contribution is 2.17. The Morgan fingerprint density at radius 2 is 2.10 bits per heavy atom. The molecule has 52 valence electrons. The van der Waals surface area contributed by atoms with E-state index in [4.69, 9.17) is 10.3 Å². The number of hydrogen-bond acceptors (Lipinski definition) is 3. The van der Waals surface area contributed by atoms with Crippen LogP contribution in [-0.2, 0) is 0 Å². The fourth-order valence-electron chi connectivity index (χ4n) is 0.675. The molecule has 0 atom stereocenters. The summed E-state index contributed by atoms with van der Waals surface area (Å²) < 4.78 is 4.77. The van der Waals surface area contributed by atoms with Crippen LogP contribution in [0.4, 0.5) is 5.82 Å². The molecule has 0 amide bonds. The molecule has 0 fully saturated rings. The molecule has 0 aliphatic carbocycles. The van der Waals surface area contributed by atoms with Crippen LogP contribution in [0.1, 0.15) is 11.3 Å². The van der Waals surface area contributed by atoms with Crippen LogP contribution >= 0.6 is 0 Å². The number of nitrogen functional groups attached to an aromatic ring is 1. The van der Waals surface area contributed by atoms with Gasteiger partial charge in [0.05, 0.1) is 5.56 Å². The molecule has 1 heterocycles. The molecular formula is C7H8N2O. The third-order valence-electron chi connectivity index (χ3n) is 1.17. The Morgan fingerprint density at radius 3 is 2.50 bits per heavy atom. The lowest BCUT2D eigenvalue weighted by atomic mass is 10.2. The van der Waals surface area contributed by atoms with Crippen LogP contribution in [0.5, 0.6) is 0 Å². The van der Waals surface area contributed by atoms with Gasteiger partial charge in [-0.1, -0.05) is 24.4 Å². The third kappa shape index (κ3) is 0.815. The Bertz CT molecular complexity index is 263. The summed E-state index contributed by atoms with van der Waals surface area (Å²) >= 11 is 0. The molecule has 0 saturated carbocycles. The van der Waals surface area contributed by atoms with Crippen molar-refractivity contribution in [2.75, 3.05) is 5.73 Å². The molecule has 0 aliphatic rings. The predicted octanol–water partition coefficient (Wildman–Crippen LogP) is 1.54. The molecule has 2 N–H and O–H groups in total. The standard InChI is InChI=1S/C7H8N2O/c1-3-5-6(4-2)10-9-7(5)8/h3-4H,1-2H2,(H2,8,9). The zero-order valence-electron chi connectivity index (χ0n) is 5.50. The molecule has 0 unspecified atom stereocenters. The van der Waals surface area contributed by atoms with E-state index in [1.165, 1.54) is 0 Å². The fraction of sp³-hybridized carbons (Fsp3) is 0. The minimum Gasteiger partial charge on any atom is -0.380 e. The molecular weight excluding hydrogens is 128 g/mol. The molecule has 0 aromatic carbocycles. The summed E-state index contributed by atoms with van der Waals surface area (Å²) in [6, 6.07) is 0. The summed E-state index contributed by atoms with van der Waals surface area (Å²) in [5, 5.41) is 3.52. The molecule has 3 nitrogen and oxygen atoms in total. The highest BCUT2D eigenvalue weighted by molar-refractivity contribution is 5.67. The van der Waals surface area contributed by atoms with Crippen LogP contribution in [0.15, 0.2) is 17.7 Å².